The number of rotatable bonds is 2. The van der Waals surface area contributed by atoms with Crippen LogP contribution >= 0.6 is 25.8 Å². The lowest BCUT2D eigenvalue weighted by molar-refractivity contribution is 0.149. The van der Waals surface area contributed by atoms with Crippen LogP contribution in [0.2, 0.25) is 18.1 Å². The van der Waals surface area contributed by atoms with E-state index in [9.17, 15) is 0 Å². The van der Waals surface area contributed by atoms with Crippen LogP contribution in [0, 0.1) is 6.42 Å². The Morgan fingerprint density at radius 2 is 1.59 bits per heavy atom. The first-order valence-corrected chi connectivity index (χ1v) is 17.1. The van der Waals surface area contributed by atoms with Crippen LogP contribution in [0.15, 0.2) is 0 Å². The topological polar surface area (TPSA) is 9.23 Å². The van der Waals surface area contributed by atoms with Gasteiger partial charge in [-0.05, 0) is 50.2 Å². The van der Waals surface area contributed by atoms with Gasteiger partial charge in [-0.15, -0.1) is 0 Å². The summed E-state index contributed by atoms with van der Waals surface area (Å²) >= 11 is 6.44. The van der Waals surface area contributed by atoms with E-state index < -0.39 is 8.32 Å². The first kappa shape index (κ1) is 18.9. The molecule has 0 saturated heterocycles. The quantitative estimate of drug-likeness (QED) is 0.562. The summed E-state index contributed by atoms with van der Waals surface area (Å²) in [5, 5.41) is 0.355. The van der Waals surface area contributed by atoms with Crippen molar-refractivity contribution in [2.75, 3.05) is 0 Å². The van der Waals surface area contributed by atoms with Crippen LogP contribution < -0.4 is 0 Å². The molecule has 99 valence electrons. The number of hydrogen-bond acceptors (Lipinski definition) is 1. The van der Waals surface area contributed by atoms with E-state index in [0.29, 0.717) is 11.1 Å². The molecule has 0 N–H and O–H groups in total. The van der Waals surface area contributed by atoms with E-state index in [-0.39, 0.29) is 16.0 Å². The minimum Gasteiger partial charge on any atom is -0.414 e. The van der Waals surface area contributed by atoms with Crippen molar-refractivity contribution in [2.45, 2.75) is 70.7 Å². The Morgan fingerprint density at radius 3 is 1.94 bits per heavy atom. The van der Waals surface area contributed by atoms with Crippen molar-refractivity contribution < 1.29 is 4.43 Å². The fourth-order valence-electron chi connectivity index (χ4n) is 1.61. The third kappa shape index (κ3) is 7.92. The van der Waals surface area contributed by atoms with E-state index in [1.54, 1.807) is 0 Å². The van der Waals surface area contributed by atoms with Crippen LogP contribution in [0.25, 0.3) is 0 Å². The van der Waals surface area contributed by atoms with Crippen molar-refractivity contribution >= 4 is 50.1 Å². The third-order valence-electron chi connectivity index (χ3n) is 3.65. The van der Waals surface area contributed by atoms with E-state index >= 15 is 0 Å². The van der Waals surface area contributed by atoms with Crippen molar-refractivity contribution in [1.82, 2.24) is 0 Å². The minimum atomic E-state index is -1.51. The predicted molar refractivity (Wildman–Crippen MR) is 88.4 cm³/mol. The fraction of sp³-hybridized carbons (Fsp3) is 0.917. The number of hydrogen-bond donors (Lipinski definition) is 0. The highest BCUT2D eigenvalue weighted by Gasteiger charge is 2.39. The first-order valence-electron chi connectivity index (χ1n) is 6.36. The van der Waals surface area contributed by atoms with Gasteiger partial charge in [0.05, 0.1) is 0 Å². The van der Waals surface area contributed by atoms with Gasteiger partial charge in [-0.25, -0.2) is 0 Å². The Morgan fingerprint density at radius 1 is 1.18 bits per heavy atom. The van der Waals surface area contributed by atoms with E-state index in [4.69, 9.17) is 4.43 Å². The molecule has 17 heavy (non-hydrogen) atoms. The molecule has 0 unspecified atom stereocenters. The monoisotopic (exact) mass is 395 g/mol. The average Bonchev–Trinajstić information content (AvgIpc) is 2.17. The molecule has 1 aliphatic carbocycles. The minimum absolute atomic E-state index is 0.0417. The van der Waals surface area contributed by atoms with Crippen molar-refractivity contribution in [2.24, 2.45) is 0 Å². The average molecular weight is 398 g/mol. The molecule has 1 fully saturated rings. The second-order valence-electron chi connectivity index (χ2n) is 6.04. The van der Waals surface area contributed by atoms with E-state index in [1.165, 1.54) is 25.7 Å². The molecule has 0 amide bonds. The summed E-state index contributed by atoms with van der Waals surface area (Å²) in [6.45, 7) is 11.6. The summed E-state index contributed by atoms with van der Waals surface area (Å²) in [6.07, 6.45) is 7.92. The Labute approximate surface area is 130 Å². The van der Waals surface area contributed by atoms with Crippen molar-refractivity contribution in [1.29, 1.82) is 0 Å². The molecule has 1 aliphatic rings. The standard InChI is InChI=1S/C12H25OSi.2BrH.Mg/c1-12(2,3)14(4,5)13-11-9-7-6-8-10-11;;;/h6,11H,7-10H2,1-5H3;2*1H;/q;;;+2/p-2. The summed E-state index contributed by atoms with van der Waals surface area (Å²) in [5.74, 6) is 0. The molecule has 0 aliphatic heterocycles. The molecule has 0 heterocycles. The van der Waals surface area contributed by atoms with Crippen molar-refractivity contribution in [3.05, 3.63) is 6.42 Å². The lowest BCUT2D eigenvalue weighted by atomic mass is 9.98. The lowest BCUT2D eigenvalue weighted by Crippen LogP contribution is -2.44. The highest BCUT2D eigenvalue weighted by Crippen LogP contribution is 2.38. The molecule has 0 spiro atoms. The van der Waals surface area contributed by atoms with E-state index in [0.717, 1.165) is 0 Å². The van der Waals surface area contributed by atoms with Gasteiger partial charge in [-0.2, -0.15) is 0 Å². The summed E-state index contributed by atoms with van der Waals surface area (Å²) in [6, 6.07) is 0. The Hall–Kier alpha value is 1.90. The van der Waals surface area contributed by atoms with Crippen LogP contribution in [0.3, 0.4) is 0 Å². The zero-order valence-corrected chi connectivity index (χ0v) is 17.4. The smallest absolute Gasteiger partial charge is 0.414 e. The van der Waals surface area contributed by atoms with Gasteiger partial charge in [0, 0.05) is 6.10 Å². The van der Waals surface area contributed by atoms with Crippen LogP contribution in [0.1, 0.15) is 46.5 Å². The lowest BCUT2D eigenvalue weighted by Gasteiger charge is -2.40. The number of halogens is 2. The third-order valence-corrected chi connectivity index (χ3v) is 8.19. The van der Waals surface area contributed by atoms with Gasteiger partial charge < -0.3 is 4.43 Å². The molecule has 1 radical (unpaired) electrons. The largest absolute Gasteiger partial charge is 0.560 e. The highest BCUT2D eigenvalue weighted by atomic mass is 79.9. The predicted octanol–water partition coefficient (Wildman–Crippen LogP) is 5.47. The molecule has 1 rings (SSSR count). The highest BCUT2D eigenvalue weighted by molar-refractivity contribution is 9.47. The van der Waals surface area contributed by atoms with Gasteiger partial charge in [0.1, 0.15) is 0 Å². The Bertz CT molecular complexity index is 201. The van der Waals surface area contributed by atoms with Gasteiger partial charge in [0.2, 0.25) is 0 Å². The van der Waals surface area contributed by atoms with Crippen LogP contribution in [-0.4, -0.2) is 30.4 Å². The molecule has 0 bridgehead atoms. The molecule has 0 aromatic heterocycles. The van der Waals surface area contributed by atoms with E-state index in [2.05, 4.69) is 66.1 Å². The Kier molecular flexibility index (Phi) is 9.95. The molecule has 0 atom stereocenters. The molecule has 0 aromatic carbocycles. The summed E-state index contributed by atoms with van der Waals surface area (Å²) in [5.41, 5.74) is 0. The zero-order valence-electron chi connectivity index (χ0n) is 11.9. The zero-order chi connectivity index (χ0) is 13.5. The molecular formula is C12H25Br2MgOSi. The molecular weight excluding hydrogens is 372 g/mol. The second-order valence-corrected chi connectivity index (χ2v) is 18.9. The SMILES string of the molecule is CC(C)(C)[Si](C)(C)OC1CC[CH]CC1.[Br][Mg][Br]. The molecule has 5 heteroatoms. The van der Waals surface area contributed by atoms with Gasteiger partial charge in [-0.3, -0.25) is 25.8 Å². The summed E-state index contributed by atoms with van der Waals surface area (Å²) in [7, 11) is -1.51. The fourth-order valence-corrected chi connectivity index (χ4v) is 3.03. The van der Waals surface area contributed by atoms with Gasteiger partial charge in [-0.1, -0.05) is 20.8 Å². The molecule has 1 nitrogen and oxygen atoms in total. The van der Waals surface area contributed by atoms with Crippen molar-refractivity contribution in [3.8, 4) is 0 Å². The first-order chi connectivity index (χ1) is 7.74. The maximum Gasteiger partial charge on any atom is 0.560 e. The van der Waals surface area contributed by atoms with Crippen LogP contribution in [0.5, 0.6) is 0 Å². The van der Waals surface area contributed by atoms with Gasteiger partial charge >= 0.3 is 16.0 Å². The molecule has 1 saturated carbocycles. The van der Waals surface area contributed by atoms with Crippen molar-refractivity contribution in [3.63, 3.8) is 0 Å². The maximum absolute atomic E-state index is 6.36. The van der Waals surface area contributed by atoms with E-state index in [1.807, 2.05) is 0 Å². The Balaban J connectivity index is 0.000000770. The van der Waals surface area contributed by atoms with Crippen LogP contribution in [0.4, 0.5) is 0 Å². The van der Waals surface area contributed by atoms with Gasteiger partial charge in [0.25, 0.3) is 0 Å². The normalized spacial score (nSPS) is 18.1. The molecule has 0 aromatic rings. The second kappa shape index (κ2) is 8.95. The maximum atomic E-state index is 6.36. The summed E-state index contributed by atoms with van der Waals surface area (Å²) in [4.78, 5) is 0. The van der Waals surface area contributed by atoms with Crippen LogP contribution in [-0.2, 0) is 4.43 Å². The van der Waals surface area contributed by atoms with Gasteiger partial charge in [0.15, 0.2) is 8.32 Å². The summed E-state index contributed by atoms with van der Waals surface area (Å²) < 4.78 is 6.36.